The Bertz CT molecular complexity index is 608. The van der Waals surface area contributed by atoms with Gasteiger partial charge in [-0.2, -0.15) is 0 Å². The Hall–Kier alpha value is -2.08. The Balaban J connectivity index is 1.32. The van der Waals surface area contributed by atoms with Gasteiger partial charge in [0.1, 0.15) is 6.10 Å². The molecule has 148 valence electrons. The first kappa shape index (κ1) is 19.7. The minimum Gasteiger partial charge on any atom is -0.375 e. The Morgan fingerprint density at radius 3 is 2.59 bits per heavy atom. The second kappa shape index (κ2) is 9.74. The van der Waals surface area contributed by atoms with Crippen molar-refractivity contribution in [2.75, 3.05) is 44.7 Å². The van der Waals surface area contributed by atoms with Crippen molar-refractivity contribution in [3.8, 4) is 0 Å². The van der Waals surface area contributed by atoms with E-state index in [9.17, 15) is 9.59 Å². The van der Waals surface area contributed by atoms with Crippen molar-refractivity contribution >= 4 is 17.5 Å². The second-order valence-corrected chi connectivity index (χ2v) is 7.50. The van der Waals surface area contributed by atoms with E-state index in [4.69, 9.17) is 4.74 Å². The number of carbonyl (C=O) groups excluding carboxylic acids is 2. The third-order valence-corrected chi connectivity index (χ3v) is 5.55. The molecule has 0 saturated carbocycles. The molecule has 6 nitrogen and oxygen atoms in total. The molecule has 1 N–H and O–H groups in total. The predicted molar refractivity (Wildman–Crippen MR) is 106 cm³/mol. The zero-order chi connectivity index (χ0) is 19.1. The summed E-state index contributed by atoms with van der Waals surface area (Å²) in [6.45, 7) is 3.60. The highest BCUT2D eigenvalue weighted by molar-refractivity contribution is 5.82. The van der Waals surface area contributed by atoms with Crippen LogP contribution in [0.1, 0.15) is 32.1 Å². The fourth-order valence-electron chi connectivity index (χ4n) is 3.82. The fraction of sp³-hybridized carbons (Fsp3) is 0.619. The summed E-state index contributed by atoms with van der Waals surface area (Å²) in [6.07, 6.45) is 3.94. The first-order chi connectivity index (χ1) is 13.1. The van der Waals surface area contributed by atoms with Crippen molar-refractivity contribution in [2.24, 2.45) is 5.92 Å². The molecule has 2 amide bonds. The van der Waals surface area contributed by atoms with Gasteiger partial charge >= 0.3 is 0 Å². The van der Waals surface area contributed by atoms with Gasteiger partial charge in [-0.1, -0.05) is 18.2 Å². The van der Waals surface area contributed by atoms with E-state index < -0.39 is 0 Å². The van der Waals surface area contributed by atoms with Crippen LogP contribution < -0.4 is 10.2 Å². The summed E-state index contributed by atoms with van der Waals surface area (Å²) in [7, 11) is 2.07. The van der Waals surface area contributed by atoms with Crippen LogP contribution in [0.4, 0.5) is 5.69 Å². The summed E-state index contributed by atoms with van der Waals surface area (Å²) >= 11 is 0. The first-order valence-corrected chi connectivity index (χ1v) is 10.1. The van der Waals surface area contributed by atoms with Crippen LogP contribution >= 0.6 is 0 Å². The lowest BCUT2D eigenvalue weighted by Gasteiger charge is -2.32. The zero-order valence-electron chi connectivity index (χ0n) is 16.2. The summed E-state index contributed by atoms with van der Waals surface area (Å²) in [5, 5.41) is 3.06. The summed E-state index contributed by atoms with van der Waals surface area (Å²) in [6, 6.07) is 10.2. The molecule has 0 bridgehead atoms. The Kier molecular flexibility index (Phi) is 7.10. The molecule has 6 heteroatoms. The van der Waals surface area contributed by atoms with Gasteiger partial charge in [-0.25, -0.2) is 0 Å². The lowest BCUT2D eigenvalue weighted by atomic mass is 9.95. The Labute approximate surface area is 161 Å². The van der Waals surface area contributed by atoms with Gasteiger partial charge in [0.25, 0.3) is 5.91 Å². The van der Waals surface area contributed by atoms with E-state index >= 15 is 0 Å². The second-order valence-electron chi connectivity index (χ2n) is 7.50. The lowest BCUT2D eigenvalue weighted by Crippen LogP contribution is -2.46. The molecule has 2 aliphatic heterocycles. The third kappa shape index (κ3) is 5.45. The molecule has 0 aromatic heterocycles. The molecular formula is C21H31N3O3. The smallest absolute Gasteiger partial charge is 0.251 e. The quantitative estimate of drug-likeness (QED) is 0.743. The van der Waals surface area contributed by atoms with Crippen LogP contribution in [0.25, 0.3) is 0 Å². The first-order valence-electron chi connectivity index (χ1n) is 10.1. The third-order valence-electron chi connectivity index (χ3n) is 5.55. The number of piperidine rings is 1. The van der Waals surface area contributed by atoms with E-state index in [1.54, 1.807) is 0 Å². The molecular weight excluding hydrogens is 342 g/mol. The SMILES string of the molecule is CN(CCCNC(=O)C1CCN(C(=O)[C@H]2CCCO2)CC1)c1ccccc1. The van der Waals surface area contributed by atoms with Gasteiger partial charge in [0.15, 0.2) is 0 Å². The molecule has 2 fully saturated rings. The number of benzene rings is 1. The largest absolute Gasteiger partial charge is 0.375 e. The van der Waals surface area contributed by atoms with E-state index in [0.29, 0.717) is 26.2 Å². The number of ether oxygens (including phenoxy) is 1. The molecule has 27 heavy (non-hydrogen) atoms. The molecule has 0 radical (unpaired) electrons. The van der Waals surface area contributed by atoms with Crippen LogP contribution in [0.3, 0.4) is 0 Å². The van der Waals surface area contributed by atoms with Crippen molar-refractivity contribution in [3.63, 3.8) is 0 Å². The highest BCUT2D eigenvalue weighted by Crippen LogP contribution is 2.21. The monoisotopic (exact) mass is 373 g/mol. The fourth-order valence-corrected chi connectivity index (χ4v) is 3.82. The highest BCUT2D eigenvalue weighted by Gasteiger charge is 2.32. The Morgan fingerprint density at radius 2 is 1.93 bits per heavy atom. The summed E-state index contributed by atoms with van der Waals surface area (Å²) in [5.74, 6) is 0.252. The van der Waals surface area contributed by atoms with Crippen LogP contribution in [0.2, 0.25) is 0 Å². The van der Waals surface area contributed by atoms with Crippen molar-refractivity contribution in [1.82, 2.24) is 10.2 Å². The topological polar surface area (TPSA) is 61.9 Å². The van der Waals surface area contributed by atoms with Gasteiger partial charge in [0.2, 0.25) is 5.91 Å². The minimum atomic E-state index is -0.253. The number of nitrogens with zero attached hydrogens (tertiary/aromatic N) is 2. The molecule has 2 aliphatic rings. The van der Waals surface area contributed by atoms with E-state index in [0.717, 1.165) is 38.6 Å². The molecule has 2 saturated heterocycles. The number of para-hydroxylation sites is 1. The van der Waals surface area contributed by atoms with E-state index in [2.05, 4.69) is 29.4 Å². The normalized spacial score (nSPS) is 20.5. The maximum absolute atomic E-state index is 12.4. The van der Waals surface area contributed by atoms with Crippen molar-refractivity contribution < 1.29 is 14.3 Å². The van der Waals surface area contributed by atoms with E-state index in [1.165, 1.54) is 5.69 Å². The lowest BCUT2D eigenvalue weighted by molar-refractivity contribution is -0.143. The van der Waals surface area contributed by atoms with Gasteiger partial charge < -0.3 is 19.9 Å². The number of nitrogens with one attached hydrogen (secondary N) is 1. The summed E-state index contributed by atoms with van der Waals surface area (Å²) in [4.78, 5) is 28.8. The number of hydrogen-bond donors (Lipinski definition) is 1. The van der Waals surface area contributed by atoms with Crippen LogP contribution in [-0.2, 0) is 14.3 Å². The molecule has 2 heterocycles. The molecule has 3 rings (SSSR count). The number of amides is 2. The van der Waals surface area contributed by atoms with Crippen LogP contribution in [-0.4, -0.2) is 62.7 Å². The van der Waals surface area contributed by atoms with Gasteiger partial charge in [-0.15, -0.1) is 0 Å². The summed E-state index contributed by atoms with van der Waals surface area (Å²) in [5.41, 5.74) is 1.19. The number of carbonyl (C=O) groups is 2. The molecule has 1 aromatic carbocycles. The average molecular weight is 373 g/mol. The molecule has 0 unspecified atom stereocenters. The number of rotatable bonds is 7. The van der Waals surface area contributed by atoms with E-state index in [1.807, 2.05) is 23.1 Å². The van der Waals surface area contributed by atoms with Gasteiger partial charge in [0.05, 0.1) is 0 Å². The number of hydrogen-bond acceptors (Lipinski definition) is 4. The molecule has 1 atom stereocenters. The van der Waals surface area contributed by atoms with Crippen LogP contribution in [0, 0.1) is 5.92 Å². The van der Waals surface area contributed by atoms with Gasteiger partial charge in [-0.05, 0) is 44.2 Å². The minimum absolute atomic E-state index is 0.0189. The molecule has 0 spiro atoms. The zero-order valence-corrected chi connectivity index (χ0v) is 16.2. The van der Waals surface area contributed by atoms with E-state index in [-0.39, 0.29) is 23.8 Å². The van der Waals surface area contributed by atoms with Gasteiger partial charge in [0, 0.05) is 51.4 Å². The molecule has 0 aliphatic carbocycles. The van der Waals surface area contributed by atoms with Crippen LogP contribution in [0.15, 0.2) is 30.3 Å². The Morgan fingerprint density at radius 1 is 1.19 bits per heavy atom. The maximum Gasteiger partial charge on any atom is 0.251 e. The average Bonchev–Trinajstić information content (AvgIpc) is 3.26. The number of anilines is 1. The standard InChI is InChI=1S/C21H31N3O3/c1-23(18-7-3-2-4-8-18)13-6-12-22-20(25)17-10-14-24(15-11-17)21(26)19-9-5-16-27-19/h2-4,7-8,17,19H,5-6,9-16H2,1H3,(H,22,25)/t19-/m1/s1. The predicted octanol–water partition coefficient (Wildman–Crippen LogP) is 2.05. The van der Waals surface area contributed by atoms with Crippen molar-refractivity contribution in [2.45, 2.75) is 38.2 Å². The number of likely N-dealkylation sites (tertiary alicyclic amines) is 1. The maximum atomic E-state index is 12.4. The molecule has 1 aromatic rings. The van der Waals surface area contributed by atoms with Crippen molar-refractivity contribution in [1.29, 1.82) is 0 Å². The van der Waals surface area contributed by atoms with Gasteiger partial charge in [-0.3, -0.25) is 9.59 Å². The summed E-state index contributed by atoms with van der Waals surface area (Å²) < 4.78 is 5.48. The highest BCUT2D eigenvalue weighted by atomic mass is 16.5. The van der Waals surface area contributed by atoms with Crippen molar-refractivity contribution in [3.05, 3.63) is 30.3 Å². The van der Waals surface area contributed by atoms with Crippen LogP contribution in [0.5, 0.6) is 0 Å².